The van der Waals surface area contributed by atoms with E-state index >= 15 is 0 Å². The molecule has 0 bridgehead atoms. The lowest BCUT2D eigenvalue weighted by atomic mass is 9.85. The van der Waals surface area contributed by atoms with Crippen LogP contribution in [0.3, 0.4) is 0 Å². The van der Waals surface area contributed by atoms with Gasteiger partial charge in [0.25, 0.3) is 0 Å². The molecule has 0 spiro atoms. The molecule has 6 heterocycles. The maximum atomic E-state index is 12.3. The predicted molar refractivity (Wildman–Crippen MR) is 161 cm³/mol. The number of amides is 1. The number of carbonyl (C=O) groups excluding carboxylic acids is 1. The Kier molecular flexibility index (Phi) is 9.94. The van der Waals surface area contributed by atoms with Gasteiger partial charge in [-0.15, -0.1) is 0 Å². The van der Waals surface area contributed by atoms with Gasteiger partial charge in [-0.1, -0.05) is 26.0 Å². The smallest absolute Gasteiger partial charge is 0.410 e. The minimum atomic E-state index is -0.595. The molecular formula is C31H43BrN4O7. The van der Waals surface area contributed by atoms with Crippen molar-refractivity contribution < 1.29 is 33.2 Å². The Bertz CT molecular complexity index is 1260. The molecule has 4 atom stereocenters. The molecule has 4 aliphatic heterocycles. The molecule has 4 fully saturated rings. The van der Waals surface area contributed by atoms with Crippen molar-refractivity contribution in [3.05, 3.63) is 52.4 Å². The molecule has 43 heavy (non-hydrogen) atoms. The zero-order chi connectivity index (χ0) is 30.7. The molecule has 236 valence electrons. The molecule has 0 saturated carbocycles. The van der Waals surface area contributed by atoms with Gasteiger partial charge >= 0.3 is 6.09 Å². The van der Waals surface area contributed by atoms with E-state index in [1.807, 2.05) is 57.2 Å². The number of carbonyl (C=O) groups is 1. The van der Waals surface area contributed by atoms with Crippen molar-refractivity contribution in [2.45, 2.75) is 76.5 Å². The number of hydrogen-bond donors (Lipinski definition) is 1. The molecule has 2 aromatic rings. The van der Waals surface area contributed by atoms with E-state index in [0.717, 1.165) is 35.5 Å². The Labute approximate surface area is 262 Å². The number of rotatable bonds is 5. The van der Waals surface area contributed by atoms with Gasteiger partial charge in [-0.25, -0.2) is 14.8 Å². The maximum Gasteiger partial charge on any atom is 0.410 e. The molecule has 12 heteroatoms. The van der Waals surface area contributed by atoms with Gasteiger partial charge in [0.2, 0.25) is 5.88 Å². The maximum absolute atomic E-state index is 12.3. The molecule has 0 aliphatic carbocycles. The Balaban J connectivity index is 0.000000173. The molecular weight excluding hydrogens is 620 g/mol. The van der Waals surface area contributed by atoms with E-state index in [1.54, 1.807) is 4.90 Å². The number of nitrogens with zero attached hydrogens (tertiary/aromatic N) is 3. The zero-order valence-corrected chi connectivity index (χ0v) is 27.2. The fraction of sp³-hybridized carbons (Fsp3) is 0.645. The van der Waals surface area contributed by atoms with Crippen molar-refractivity contribution in [2.24, 2.45) is 5.92 Å². The van der Waals surface area contributed by atoms with Gasteiger partial charge in [0.1, 0.15) is 47.2 Å². The minimum absolute atomic E-state index is 0.0316. The first-order valence-electron chi connectivity index (χ1n) is 14.9. The molecule has 2 aromatic heterocycles. The molecule has 4 saturated heterocycles. The van der Waals surface area contributed by atoms with Crippen molar-refractivity contribution in [1.29, 1.82) is 0 Å². The second-order valence-electron chi connectivity index (χ2n) is 12.7. The van der Waals surface area contributed by atoms with Crippen LogP contribution in [0.15, 0.2) is 41.0 Å². The van der Waals surface area contributed by atoms with Gasteiger partial charge in [-0.2, -0.15) is 0 Å². The number of fused-ring (bicyclic) bond motifs is 2. The Hall–Kier alpha value is -2.35. The third-order valence-corrected chi connectivity index (χ3v) is 8.32. The van der Waals surface area contributed by atoms with E-state index in [9.17, 15) is 4.79 Å². The van der Waals surface area contributed by atoms with Crippen LogP contribution >= 0.6 is 15.9 Å². The third-order valence-electron chi connectivity index (χ3n) is 7.88. The lowest BCUT2D eigenvalue weighted by Gasteiger charge is -2.41. The number of aromatic nitrogens is 2. The van der Waals surface area contributed by atoms with E-state index in [4.69, 9.17) is 28.4 Å². The third kappa shape index (κ3) is 7.32. The summed E-state index contributed by atoms with van der Waals surface area (Å²) in [5.74, 6) is 1.15. The standard InChI is InChI=1S/C16H21BrN2O4.C15H22N2O3/c1-15(2,3)23-14(20)19-8-7-16(12(9-19)21-10-22-16)11-5-4-6-13(17)18-11;1-11(2)9-18-14-5-3-4-12(17-14)15-6-7-16-8-13(15)19-10-20-15/h4-6,12H,7-10H2,1-3H3;3-5,11,13,16H,6-10H2,1-2H3/t12-,16-;13-,15-/m11/s1. The molecule has 6 rings (SSSR count). The van der Waals surface area contributed by atoms with Crippen LogP contribution < -0.4 is 10.1 Å². The van der Waals surface area contributed by atoms with Crippen molar-refractivity contribution in [1.82, 2.24) is 20.2 Å². The van der Waals surface area contributed by atoms with Crippen LogP contribution in [0.25, 0.3) is 0 Å². The summed E-state index contributed by atoms with van der Waals surface area (Å²) in [7, 11) is 0. The summed E-state index contributed by atoms with van der Waals surface area (Å²) < 4.78 is 35.2. The van der Waals surface area contributed by atoms with Gasteiger partial charge in [0.15, 0.2) is 0 Å². The number of pyridine rings is 2. The van der Waals surface area contributed by atoms with Gasteiger partial charge in [0.05, 0.1) is 24.5 Å². The number of halogens is 1. The summed E-state index contributed by atoms with van der Waals surface area (Å²) in [6.45, 7) is 13.7. The highest BCUT2D eigenvalue weighted by Crippen LogP contribution is 2.42. The number of likely N-dealkylation sites (tertiary alicyclic amines) is 1. The first-order chi connectivity index (χ1) is 20.5. The van der Waals surface area contributed by atoms with Crippen molar-refractivity contribution >= 4 is 22.0 Å². The van der Waals surface area contributed by atoms with Crippen LogP contribution in [-0.2, 0) is 34.9 Å². The van der Waals surface area contributed by atoms with E-state index in [0.29, 0.717) is 44.7 Å². The van der Waals surface area contributed by atoms with Gasteiger partial charge in [-0.05, 0) is 73.8 Å². The first kappa shape index (κ1) is 32.1. The average Bonchev–Trinajstić information content (AvgIpc) is 3.61. The van der Waals surface area contributed by atoms with Crippen molar-refractivity contribution in [3.8, 4) is 5.88 Å². The van der Waals surface area contributed by atoms with Crippen LogP contribution in [0.5, 0.6) is 5.88 Å². The van der Waals surface area contributed by atoms with E-state index < -0.39 is 16.8 Å². The summed E-state index contributed by atoms with van der Waals surface area (Å²) >= 11 is 3.40. The van der Waals surface area contributed by atoms with Crippen LogP contribution in [0.2, 0.25) is 0 Å². The van der Waals surface area contributed by atoms with Gasteiger partial charge < -0.3 is 38.6 Å². The highest BCUT2D eigenvalue weighted by Gasteiger charge is 2.53. The van der Waals surface area contributed by atoms with Crippen LogP contribution in [0.1, 0.15) is 58.8 Å². The summed E-state index contributed by atoms with van der Waals surface area (Å²) in [5, 5.41) is 3.34. The molecule has 0 aromatic carbocycles. The zero-order valence-electron chi connectivity index (χ0n) is 25.6. The minimum Gasteiger partial charge on any atom is -0.477 e. The number of ether oxygens (including phenoxy) is 6. The molecule has 11 nitrogen and oxygen atoms in total. The number of hydrogen-bond acceptors (Lipinski definition) is 10. The van der Waals surface area contributed by atoms with Gasteiger partial charge in [0, 0.05) is 25.6 Å². The molecule has 1 amide bonds. The summed E-state index contributed by atoms with van der Waals surface area (Å²) in [5.41, 5.74) is 0.232. The Morgan fingerprint density at radius 3 is 2.42 bits per heavy atom. The highest BCUT2D eigenvalue weighted by atomic mass is 79.9. The molecule has 0 radical (unpaired) electrons. The quantitative estimate of drug-likeness (QED) is 0.451. The van der Waals surface area contributed by atoms with E-state index in [2.05, 4.69) is 45.1 Å². The monoisotopic (exact) mass is 662 g/mol. The summed E-state index contributed by atoms with van der Waals surface area (Å²) in [6, 6.07) is 11.6. The number of nitrogens with one attached hydrogen (secondary N) is 1. The first-order valence-corrected chi connectivity index (χ1v) is 15.7. The average molecular weight is 664 g/mol. The van der Waals surface area contributed by atoms with Gasteiger partial charge in [-0.3, -0.25) is 0 Å². The molecule has 1 N–H and O–H groups in total. The lowest BCUT2D eigenvalue weighted by molar-refractivity contribution is -0.0564. The largest absolute Gasteiger partial charge is 0.477 e. The molecule has 4 aliphatic rings. The SMILES string of the molecule is CC(C)(C)OC(=O)N1CC[C@]2(c3cccc(Br)n3)OCO[C@@H]2C1.CC(C)COc1cccc([C@]23CCNC[C@H]2OCO3)n1. The lowest BCUT2D eigenvalue weighted by Crippen LogP contribution is -2.54. The van der Waals surface area contributed by atoms with Crippen molar-refractivity contribution in [3.63, 3.8) is 0 Å². The highest BCUT2D eigenvalue weighted by molar-refractivity contribution is 9.10. The Morgan fingerprint density at radius 2 is 1.72 bits per heavy atom. The normalized spacial score (nSPS) is 28.5. The van der Waals surface area contributed by atoms with Crippen LogP contribution in [-0.4, -0.2) is 85.1 Å². The van der Waals surface area contributed by atoms with Crippen LogP contribution in [0, 0.1) is 5.92 Å². The van der Waals surface area contributed by atoms with E-state index in [1.165, 1.54) is 0 Å². The second-order valence-corrected chi connectivity index (χ2v) is 13.5. The topological polar surface area (TPSA) is 114 Å². The molecule has 0 unspecified atom stereocenters. The second kappa shape index (κ2) is 13.3. The Morgan fingerprint density at radius 1 is 1.05 bits per heavy atom. The fourth-order valence-electron chi connectivity index (χ4n) is 5.74. The predicted octanol–water partition coefficient (Wildman–Crippen LogP) is 4.73. The van der Waals surface area contributed by atoms with Crippen molar-refractivity contribution in [2.75, 3.05) is 46.4 Å². The summed E-state index contributed by atoms with van der Waals surface area (Å²) in [6.07, 6.45) is 0.969. The summed E-state index contributed by atoms with van der Waals surface area (Å²) in [4.78, 5) is 23.1. The fourth-order valence-corrected chi connectivity index (χ4v) is 6.08. The van der Waals surface area contributed by atoms with E-state index in [-0.39, 0.29) is 25.1 Å². The van der Waals surface area contributed by atoms with Crippen LogP contribution in [0.4, 0.5) is 4.79 Å². The number of piperidine rings is 2.